The van der Waals surface area contributed by atoms with Crippen molar-refractivity contribution in [3.63, 3.8) is 0 Å². The first kappa shape index (κ1) is 18.0. The summed E-state index contributed by atoms with van der Waals surface area (Å²) in [4.78, 5) is 22.7. The molecule has 5 nitrogen and oxygen atoms in total. The fourth-order valence-electron chi connectivity index (χ4n) is 4.57. The van der Waals surface area contributed by atoms with Crippen molar-refractivity contribution in [1.82, 2.24) is 9.88 Å². The number of methoxy groups -OCH3 is 1. The molecule has 29 heavy (non-hydrogen) atoms. The number of anilines is 1. The number of ether oxygens (including phenoxy) is 1. The molecule has 0 spiro atoms. The number of carbonyl (C=O) groups is 1. The van der Waals surface area contributed by atoms with E-state index < -0.39 is 0 Å². The molecule has 1 saturated heterocycles. The van der Waals surface area contributed by atoms with Gasteiger partial charge in [-0.1, -0.05) is 18.2 Å². The van der Waals surface area contributed by atoms with Crippen LogP contribution in [0.15, 0.2) is 48.5 Å². The number of benzene rings is 2. The fraction of sp³-hybridized carbons (Fsp3) is 0.333. The van der Waals surface area contributed by atoms with Gasteiger partial charge in [-0.3, -0.25) is 9.78 Å². The van der Waals surface area contributed by atoms with Crippen LogP contribution in [0.4, 0.5) is 5.69 Å². The van der Waals surface area contributed by atoms with Gasteiger partial charge in [0.15, 0.2) is 0 Å². The van der Waals surface area contributed by atoms with Gasteiger partial charge in [-0.25, -0.2) is 0 Å². The third kappa shape index (κ3) is 3.20. The van der Waals surface area contributed by atoms with Gasteiger partial charge in [-0.2, -0.15) is 0 Å². The Balaban J connectivity index is 1.39. The number of para-hydroxylation sites is 1. The number of pyridine rings is 1. The molecule has 1 aliphatic heterocycles. The van der Waals surface area contributed by atoms with E-state index in [4.69, 9.17) is 9.72 Å². The molecular weight excluding hydrogens is 362 g/mol. The van der Waals surface area contributed by atoms with E-state index in [1.807, 2.05) is 41.3 Å². The number of nitrogens with zero attached hydrogens (tertiary/aromatic N) is 3. The summed E-state index contributed by atoms with van der Waals surface area (Å²) in [5.74, 6) is 1.03. The van der Waals surface area contributed by atoms with Crippen LogP contribution < -0.4 is 9.64 Å². The molecule has 1 fully saturated rings. The molecule has 3 aromatic rings. The van der Waals surface area contributed by atoms with E-state index in [-0.39, 0.29) is 5.91 Å². The highest BCUT2D eigenvalue weighted by Crippen LogP contribution is 2.31. The van der Waals surface area contributed by atoms with Crippen molar-refractivity contribution in [2.45, 2.75) is 19.3 Å². The first-order chi connectivity index (χ1) is 14.2. The molecule has 1 amide bonds. The maximum Gasteiger partial charge on any atom is 0.255 e. The quantitative estimate of drug-likeness (QED) is 0.688. The first-order valence-electron chi connectivity index (χ1n) is 10.3. The molecule has 0 bridgehead atoms. The van der Waals surface area contributed by atoms with Gasteiger partial charge in [0.25, 0.3) is 5.91 Å². The highest BCUT2D eigenvalue weighted by Gasteiger charge is 2.28. The highest BCUT2D eigenvalue weighted by atomic mass is 16.5. The monoisotopic (exact) mass is 387 g/mol. The van der Waals surface area contributed by atoms with Gasteiger partial charge in [-0.05, 0) is 55.2 Å². The van der Waals surface area contributed by atoms with E-state index in [2.05, 4.69) is 17.0 Å². The van der Waals surface area contributed by atoms with Gasteiger partial charge >= 0.3 is 0 Å². The lowest BCUT2D eigenvalue weighted by Gasteiger charge is -2.36. The van der Waals surface area contributed by atoms with Gasteiger partial charge in [0.2, 0.25) is 0 Å². The van der Waals surface area contributed by atoms with Crippen LogP contribution in [0.5, 0.6) is 5.75 Å². The van der Waals surface area contributed by atoms with E-state index in [1.165, 1.54) is 11.3 Å². The topological polar surface area (TPSA) is 45.7 Å². The number of amides is 1. The molecule has 0 saturated carbocycles. The SMILES string of the molecule is COc1ccc(N2CCN(C(=O)c3c4c(nc5ccccc35)CCC4)CC2)cc1. The summed E-state index contributed by atoms with van der Waals surface area (Å²) in [6, 6.07) is 16.2. The van der Waals surface area contributed by atoms with Crippen LogP contribution in [0.3, 0.4) is 0 Å². The van der Waals surface area contributed by atoms with Crippen molar-refractivity contribution >= 4 is 22.5 Å². The smallest absolute Gasteiger partial charge is 0.255 e. The standard InChI is InChI=1S/C24H25N3O2/c1-29-18-11-9-17(10-12-18)26-13-15-27(16-14-26)24(28)23-19-5-2-3-7-21(19)25-22-8-4-6-20(22)23/h2-3,5,7,9-12H,4,6,8,13-16H2,1H3. The minimum atomic E-state index is 0.163. The summed E-state index contributed by atoms with van der Waals surface area (Å²) in [7, 11) is 1.68. The van der Waals surface area contributed by atoms with Crippen LogP contribution in [0.25, 0.3) is 10.9 Å². The van der Waals surface area contributed by atoms with E-state index in [0.717, 1.165) is 73.4 Å². The summed E-state index contributed by atoms with van der Waals surface area (Å²) < 4.78 is 5.25. The molecule has 0 N–H and O–H groups in total. The Morgan fingerprint density at radius 1 is 0.966 bits per heavy atom. The molecule has 0 unspecified atom stereocenters. The summed E-state index contributed by atoms with van der Waals surface area (Å²) >= 11 is 0. The molecule has 5 heteroatoms. The minimum Gasteiger partial charge on any atom is -0.497 e. The Bertz CT molecular complexity index is 1050. The predicted octanol–water partition coefficient (Wildman–Crippen LogP) is 3.69. The molecule has 2 heterocycles. The first-order valence-corrected chi connectivity index (χ1v) is 10.3. The maximum absolute atomic E-state index is 13.6. The van der Waals surface area contributed by atoms with Gasteiger partial charge in [0.1, 0.15) is 5.75 Å². The van der Waals surface area contributed by atoms with Gasteiger partial charge in [-0.15, -0.1) is 0 Å². The molecule has 5 rings (SSSR count). The number of aromatic nitrogens is 1. The van der Waals surface area contributed by atoms with Crippen LogP contribution in [0.1, 0.15) is 28.0 Å². The number of aryl methyl sites for hydroxylation is 1. The maximum atomic E-state index is 13.6. The number of hydrogen-bond acceptors (Lipinski definition) is 4. The molecular formula is C24H25N3O2. The molecule has 1 aliphatic carbocycles. The molecule has 2 aromatic carbocycles. The zero-order valence-corrected chi connectivity index (χ0v) is 16.7. The normalized spacial score (nSPS) is 16.2. The zero-order valence-electron chi connectivity index (χ0n) is 16.7. The molecule has 2 aliphatic rings. The predicted molar refractivity (Wildman–Crippen MR) is 115 cm³/mol. The van der Waals surface area contributed by atoms with Crippen LogP contribution in [-0.2, 0) is 12.8 Å². The van der Waals surface area contributed by atoms with Crippen LogP contribution >= 0.6 is 0 Å². The van der Waals surface area contributed by atoms with Gasteiger partial charge in [0.05, 0.1) is 18.2 Å². The Morgan fingerprint density at radius 3 is 2.48 bits per heavy atom. The molecule has 148 valence electrons. The minimum absolute atomic E-state index is 0.163. The number of fused-ring (bicyclic) bond motifs is 2. The lowest BCUT2D eigenvalue weighted by molar-refractivity contribution is 0.0747. The van der Waals surface area contributed by atoms with Crippen molar-refractivity contribution in [3.8, 4) is 5.75 Å². The molecule has 0 radical (unpaired) electrons. The number of hydrogen-bond donors (Lipinski definition) is 0. The fourth-order valence-corrected chi connectivity index (χ4v) is 4.57. The number of piperazine rings is 1. The largest absolute Gasteiger partial charge is 0.497 e. The number of carbonyl (C=O) groups excluding carboxylic acids is 1. The zero-order chi connectivity index (χ0) is 19.8. The van der Waals surface area contributed by atoms with Crippen molar-refractivity contribution in [2.24, 2.45) is 0 Å². The molecule has 1 aromatic heterocycles. The second-order valence-electron chi connectivity index (χ2n) is 7.76. The lowest BCUT2D eigenvalue weighted by atomic mass is 9.99. The van der Waals surface area contributed by atoms with E-state index >= 15 is 0 Å². The highest BCUT2D eigenvalue weighted by molar-refractivity contribution is 6.08. The third-order valence-corrected chi connectivity index (χ3v) is 6.14. The Labute approximate surface area is 170 Å². The van der Waals surface area contributed by atoms with Crippen LogP contribution in [0, 0.1) is 0 Å². The summed E-state index contributed by atoms with van der Waals surface area (Å²) in [6.07, 6.45) is 3.02. The average Bonchev–Trinajstić information content (AvgIpc) is 3.25. The Morgan fingerprint density at radius 2 is 1.72 bits per heavy atom. The average molecular weight is 387 g/mol. The summed E-state index contributed by atoms with van der Waals surface area (Å²) in [6.45, 7) is 3.14. The third-order valence-electron chi connectivity index (χ3n) is 6.14. The second-order valence-corrected chi connectivity index (χ2v) is 7.76. The summed E-state index contributed by atoms with van der Waals surface area (Å²) in [5, 5.41) is 0.996. The van der Waals surface area contributed by atoms with Gasteiger partial charge in [0, 0.05) is 42.9 Å². The Kier molecular flexibility index (Phi) is 4.58. The Hall–Kier alpha value is -3.08. The van der Waals surface area contributed by atoms with E-state index in [0.29, 0.717) is 0 Å². The summed E-state index contributed by atoms with van der Waals surface area (Å²) in [5.41, 5.74) is 5.29. The van der Waals surface area contributed by atoms with Gasteiger partial charge < -0.3 is 14.5 Å². The second kappa shape index (κ2) is 7.39. The molecule has 0 atom stereocenters. The lowest BCUT2D eigenvalue weighted by Crippen LogP contribution is -2.49. The van der Waals surface area contributed by atoms with Crippen LogP contribution in [0.2, 0.25) is 0 Å². The van der Waals surface area contributed by atoms with Crippen molar-refractivity contribution in [2.75, 3.05) is 38.2 Å². The van der Waals surface area contributed by atoms with E-state index in [1.54, 1.807) is 7.11 Å². The van der Waals surface area contributed by atoms with Crippen molar-refractivity contribution < 1.29 is 9.53 Å². The van der Waals surface area contributed by atoms with Crippen LogP contribution in [-0.4, -0.2) is 49.1 Å². The van der Waals surface area contributed by atoms with E-state index in [9.17, 15) is 4.79 Å². The van der Waals surface area contributed by atoms with Crippen molar-refractivity contribution in [3.05, 3.63) is 65.4 Å². The van der Waals surface area contributed by atoms with Crippen molar-refractivity contribution in [1.29, 1.82) is 0 Å². The number of rotatable bonds is 3.